The molecule has 2 N–H and O–H groups in total. The molecule has 0 saturated heterocycles. The van der Waals surface area contributed by atoms with Crippen LogP contribution in [0.25, 0.3) is 0 Å². The summed E-state index contributed by atoms with van der Waals surface area (Å²) < 4.78 is 15.8. The maximum absolute atomic E-state index is 12.4. The summed E-state index contributed by atoms with van der Waals surface area (Å²) in [6.45, 7) is 0.922. The van der Waals surface area contributed by atoms with Gasteiger partial charge in [-0.3, -0.25) is 4.79 Å². The highest BCUT2D eigenvalue weighted by atomic mass is 16.7. The molecule has 7 nitrogen and oxygen atoms in total. The average Bonchev–Trinajstić information content (AvgIpc) is 3.22. The van der Waals surface area contributed by atoms with Gasteiger partial charge < -0.3 is 24.8 Å². The Morgan fingerprint density at radius 3 is 2.83 bits per heavy atom. The van der Waals surface area contributed by atoms with Crippen LogP contribution in [0.3, 0.4) is 0 Å². The van der Waals surface area contributed by atoms with Gasteiger partial charge in [0, 0.05) is 24.5 Å². The van der Waals surface area contributed by atoms with E-state index in [1.54, 1.807) is 43.6 Å². The van der Waals surface area contributed by atoms with Crippen molar-refractivity contribution in [1.29, 1.82) is 0 Å². The normalized spacial score (nSPS) is 11.8. The molecule has 3 aromatic rings. The highest BCUT2D eigenvalue weighted by Crippen LogP contribution is 2.34. The summed E-state index contributed by atoms with van der Waals surface area (Å²) in [5, 5.41) is 6.10. The number of hydrogen-bond donors (Lipinski definition) is 2. The van der Waals surface area contributed by atoms with E-state index in [1.807, 2.05) is 18.2 Å². The molecule has 2 heterocycles. The van der Waals surface area contributed by atoms with Gasteiger partial charge >= 0.3 is 0 Å². The first-order valence-corrected chi connectivity index (χ1v) is 9.25. The zero-order valence-corrected chi connectivity index (χ0v) is 16.0. The van der Waals surface area contributed by atoms with Gasteiger partial charge in [0.2, 0.25) is 6.79 Å². The number of anilines is 2. The summed E-state index contributed by atoms with van der Waals surface area (Å²) in [5.41, 5.74) is 2.29. The van der Waals surface area contributed by atoms with Crippen LogP contribution in [0.1, 0.15) is 15.9 Å². The number of hydrogen-bond acceptors (Lipinski definition) is 6. The molecular formula is C22H21N3O4. The number of fused-ring (bicyclic) bond motifs is 1. The molecule has 29 heavy (non-hydrogen) atoms. The van der Waals surface area contributed by atoms with Gasteiger partial charge in [-0.15, -0.1) is 0 Å². The largest absolute Gasteiger partial charge is 0.497 e. The Bertz CT molecular complexity index is 1010. The summed E-state index contributed by atoms with van der Waals surface area (Å²) >= 11 is 0. The number of carbonyl (C=O) groups excluding carboxylic acids is 1. The van der Waals surface area contributed by atoms with Gasteiger partial charge in [-0.1, -0.05) is 12.1 Å². The van der Waals surface area contributed by atoms with Crippen LogP contribution < -0.4 is 24.8 Å². The van der Waals surface area contributed by atoms with E-state index >= 15 is 0 Å². The molecule has 0 aliphatic carbocycles. The molecule has 1 aromatic heterocycles. The van der Waals surface area contributed by atoms with Gasteiger partial charge in [0.1, 0.15) is 11.6 Å². The van der Waals surface area contributed by atoms with Crippen molar-refractivity contribution in [1.82, 2.24) is 4.98 Å². The van der Waals surface area contributed by atoms with E-state index in [1.165, 1.54) is 5.56 Å². The number of ether oxygens (including phenoxy) is 3. The first kappa shape index (κ1) is 18.6. The monoisotopic (exact) mass is 391 g/mol. The fourth-order valence-corrected chi connectivity index (χ4v) is 2.97. The van der Waals surface area contributed by atoms with Crippen LogP contribution in [-0.2, 0) is 6.42 Å². The second-order valence-corrected chi connectivity index (χ2v) is 6.48. The van der Waals surface area contributed by atoms with Gasteiger partial charge in [0.25, 0.3) is 5.91 Å². The number of methoxy groups -OCH3 is 1. The fourth-order valence-electron chi connectivity index (χ4n) is 2.97. The lowest BCUT2D eigenvalue weighted by Gasteiger charge is -2.09. The van der Waals surface area contributed by atoms with Crippen LogP contribution in [0.15, 0.2) is 60.8 Å². The summed E-state index contributed by atoms with van der Waals surface area (Å²) in [7, 11) is 1.66. The highest BCUT2D eigenvalue weighted by molar-refractivity contribution is 6.04. The SMILES string of the molecule is COc1cccc(CCNc2ccc(C(=O)Nc3ccc4c(c3)OCO4)cn2)c1. The molecule has 0 bridgehead atoms. The maximum Gasteiger partial charge on any atom is 0.257 e. The van der Waals surface area contributed by atoms with Gasteiger partial charge in [0.05, 0.1) is 12.7 Å². The van der Waals surface area contributed by atoms with E-state index in [2.05, 4.69) is 21.7 Å². The molecule has 1 amide bonds. The van der Waals surface area contributed by atoms with E-state index in [-0.39, 0.29) is 12.7 Å². The minimum Gasteiger partial charge on any atom is -0.497 e. The number of nitrogens with zero attached hydrogens (tertiary/aromatic N) is 1. The summed E-state index contributed by atoms with van der Waals surface area (Å²) in [6.07, 6.45) is 2.39. The standard InChI is InChI=1S/C22H21N3O4/c1-27-18-4-2-3-15(11-18)9-10-23-21-8-5-16(13-24-21)22(26)25-17-6-7-19-20(12-17)29-14-28-19/h2-8,11-13H,9-10,14H2,1H3,(H,23,24)(H,25,26). The Labute approximate surface area is 168 Å². The summed E-state index contributed by atoms with van der Waals surface area (Å²) in [5.74, 6) is 2.62. The Morgan fingerprint density at radius 1 is 1.10 bits per heavy atom. The molecule has 148 valence electrons. The van der Waals surface area contributed by atoms with Crippen LogP contribution in [0, 0.1) is 0 Å². The van der Waals surface area contributed by atoms with Crippen molar-refractivity contribution >= 4 is 17.4 Å². The maximum atomic E-state index is 12.4. The zero-order chi connectivity index (χ0) is 20.1. The predicted molar refractivity (Wildman–Crippen MR) is 110 cm³/mol. The highest BCUT2D eigenvalue weighted by Gasteiger charge is 2.14. The molecule has 0 spiro atoms. The Balaban J connectivity index is 1.30. The van der Waals surface area contributed by atoms with Crippen molar-refractivity contribution in [3.63, 3.8) is 0 Å². The van der Waals surface area contributed by atoms with Gasteiger partial charge in [-0.2, -0.15) is 0 Å². The summed E-state index contributed by atoms with van der Waals surface area (Å²) in [4.78, 5) is 16.8. The van der Waals surface area contributed by atoms with Gasteiger partial charge in [0.15, 0.2) is 11.5 Å². The third kappa shape index (κ3) is 4.57. The molecule has 0 radical (unpaired) electrons. The van der Waals surface area contributed by atoms with Crippen molar-refractivity contribution in [2.45, 2.75) is 6.42 Å². The van der Waals surface area contributed by atoms with E-state index in [4.69, 9.17) is 14.2 Å². The van der Waals surface area contributed by atoms with Crippen LogP contribution in [0.2, 0.25) is 0 Å². The number of aromatic nitrogens is 1. The fraction of sp³-hybridized carbons (Fsp3) is 0.182. The van der Waals surface area contributed by atoms with Crippen molar-refractivity contribution in [3.05, 3.63) is 71.9 Å². The van der Waals surface area contributed by atoms with Crippen LogP contribution in [0.4, 0.5) is 11.5 Å². The number of nitrogens with one attached hydrogen (secondary N) is 2. The smallest absolute Gasteiger partial charge is 0.257 e. The van der Waals surface area contributed by atoms with Crippen LogP contribution in [0.5, 0.6) is 17.2 Å². The Hall–Kier alpha value is -3.74. The molecule has 0 atom stereocenters. The minimum absolute atomic E-state index is 0.197. The van der Waals surface area contributed by atoms with E-state index in [0.29, 0.717) is 28.6 Å². The lowest BCUT2D eigenvalue weighted by atomic mass is 10.1. The molecule has 4 rings (SSSR count). The topological polar surface area (TPSA) is 81.7 Å². The first-order chi connectivity index (χ1) is 14.2. The van der Waals surface area contributed by atoms with Crippen molar-refractivity contribution in [3.8, 4) is 17.2 Å². The van der Waals surface area contributed by atoms with E-state index in [9.17, 15) is 4.79 Å². The third-order valence-electron chi connectivity index (χ3n) is 4.51. The number of amides is 1. The molecule has 2 aromatic carbocycles. The lowest BCUT2D eigenvalue weighted by molar-refractivity contribution is 0.102. The number of pyridine rings is 1. The zero-order valence-electron chi connectivity index (χ0n) is 16.0. The molecular weight excluding hydrogens is 370 g/mol. The number of benzene rings is 2. The second kappa shape index (κ2) is 8.52. The number of rotatable bonds is 7. The molecule has 0 unspecified atom stereocenters. The quantitative estimate of drug-likeness (QED) is 0.639. The third-order valence-corrected chi connectivity index (χ3v) is 4.51. The molecule has 1 aliphatic heterocycles. The molecule has 7 heteroatoms. The number of carbonyl (C=O) groups is 1. The molecule has 0 saturated carbocycles. The van der Waals surface area contributed by atoms with Crippen LogP contribution in [-0.4, -0.2) is 31.3 Å². The molecule has 1 aliphatic rings. The minimum atomic E-state index is -0.237. The van der Waals surface area contributed by atoms with Crippen LogP contribution >= 0.6 is 0 Å². The van der Waals surface area contributed by atoms with Gasteiger partial charge in [-0.05, 0) is 48.4 Å². The summed E-state index contributed by atoms with van der Waals surface area (Å²) in [6, 6.07) is 16.8. The van der Waals surface area contributed by atoms with Crippen molar-refractivity contribution < 1.29 is 19.0 Å². The Kier molecular flexibility index (Phi) is 5.47. The molecule has 0 fully saturated rings. The van der Waals surface area contributed by atoms with E-state index in [0.717, 1.165) is 18.7 Å². The second-order valence-electron chi connectivity index (χ2n) is 6.48. The Morgan fingerprint density at radius 2 is 2.00 bits per heavy atom. The first-order valence-electron chi connectivity index (χ1n) is 9.25. The predicted octanol–water partition coefficient (Wildman–Crippen LogP) is 3.73. The van der Waals surface area contributed by atoms with E-state index < -0.39 is 0 Å². The van der Waals surface area contributed by atoms with Crippen molar-refractivity contribution in [2.24, 2.45) is 0 Å². The van der Waals surface area contributed by atoms with Crippen molar-refractivity contribution in [2.75, 3.05) is 31.1 Å². The van der Waals surface area contributed by atoms with Gasteiger partial charge in [-0.25, -0.2) is 4.98 Å². The average molecular weight is 391 g/mol. The lowest BCUT2D eigenvalue weighted by Crippen LogP contribution is -2.13.